The predicted octanol–water partition coefficient (Wildman–Crippen LogP) is 2.35. The molecule has 0 aliphatic carbocycles. The van der Waals surface area contributed by atoms with Gasteiger partial charge in [0.05, 0.1) is 17.7 Å². The molecule has 0 saturated carbocycles. The summed E-state index contributed by atoms with van der Waals surface area (Å²) < 4.78 is 5.45. The molecule has 2 N–H and O–H groups in total. The lowest BCUT2D eigenvalue weighted by Crippen LogP contribution is -2.30. The Labute approximate surface area is 120 Å². The average Bonchev–Trinajstić information content (AvgIpc) is 2.74. The number of aliphatic hydroxyl groups excluding tert-OH is 1. The molecule has 1 heterocycles. The van der Waals surface area contributed by atoms with Gasteiger partial charge < -0.3 is 15.2 Å². The van der Waals surface area contributed by atoms with Crippen LogP contribution in [0.5, 0.6) is 0 Å². The highest BCUT2D eigenvalue weighted by Crippen LogP contribution is 2.10. The molecule has 19 heavy (non-hydrogen) atoms. The highest BCUT2D eigenvalue weighted by Gasteiger charge is 2.05. The smallest absolute Gasteiger partial charge is 0.0897 e. The molecule has 110 valence electrons. The van der Waals surface area contributed by atoms with E-state index in [0.29, 0.717) is 13.2 Å². The molecule has 1 atom stereocenters. The lowest BCUT2D eigenvalue weighted by atomic mass is 10.1. The second kappa shape index (κ2) is 9.42. The van der Waals surface area contributed by atoms with Crippen LogP contribution >= 0.6 is 11.3 Å². The number of nitrogens with zero attached hydrogens (tertiary/aromatic N) is 1. The van der Waals surface area contributed by atoms with Crippen LogP contribution in [0.4, 0.5) is 0 Å². The predicted molar refractivity (Wildman–Crippen MR) is 79.5 cm³/mol. The fourth-order valence-electron chi connectivity index (χ4n) is 1.72. The second-order valence-corrected chi connectivity index (χ2v) is 6.56. The molecule has 0 aliphatic heterocycles. The van der Waals surface area contributed by atoms with Gasteiger partial charge in [-0.3, -0.25) is 0 Å². The van der Waals surface area contributed by atoms with Gasteiger partial charge in [-0.1, -0.05) is 13.8 Å². The zero-order valence-corrected chi connectivity index (χ0v) is 13.0. The van der Waals surface area contributed by atoms with Crippen LogP contribution in [0.3, 0.4) is 0 Å². The Morgan fingerprint density at radius 3 is 2.89 bits per heavy atom. The van der Waals surface area contributed by atoms with Crippen molar-refractivity contribution in [1.29, 1.82) is 0 Å². The van der Waals surface area contributed by atoms with E-state index in [0.717, 1.165) is 30.5 Å². The Balaban J connectivity index is 1.97. The van der Waals surface area contributed by atoms with Gasteiger partial charge in [-0.2, -0.15) is 0 Å². The molecule has 0 aromatic carbocycles. The van der Waals surface area contributed by atoms with Gasteiger partial charge in [0.1, 0.15) is 0 Å². The van der Waals surface area contributed by atoms with Gasteiger partial charge in [0, 0.05) is 30.8 Å². The van der Waals surface area contributed by atoms with Gasteiger partial charge in [-0.15, -0.1) is 11.3 Å². The van der Waals surface area contributed by atoms with Crippen molar-refractivity contribution in [2.45, 2.75) is 46.3 Å². The van der Waals surface area contributed by atoms with E-state index >= 15 is 0 Å². The monoisotopic (exact) mass is 286 g/mol. The Hall–Kier alpha value is -0.490. The standard InChI is InChI=1S/C14H26N2O2S/c1-11(2)5-4-6-18-10-13(17)7-15-8-14-9-16-12(3)19-14/h9,11,13,15,17H,4-8,10H2,1-3H3. The first-order chi connectivity index (χ1) is 9.08. The summed E-state index contributed by atoms with van der Waals surface area (Å²) in [5.41, 5.74) is 0. The first kappa shape index (κ1) is 16.6. The molecule has 0 aliphatic rings. The number of aliphatic hydroxyl groups is 1. The lowest BCUT2D eigenvalue weighted by molar-refractivity contribution is 0.0347. The SMILES string of the molecule is Cc1ncc(CNCC(O)COCCCC(C)C)s1. The minimum atomic E-state index is -0.437. The molecule has 1 unspecified atom stereocenters. The third-order valence-corrected chi connectivity index (χ3v) is 3.64. The quantitative estimate of drug-likeness (QED) is 0.648. The highest BCUT2D eigenvalue weighted by atomic mass is 32.1. The number of rotatable bonds is 10. The van der Waals surface area contributed by atoms with Crippen molar-refractivity contribution in [3.05, 3.63) is 16.1 Å². The largest absolute Gasteiger partial charge is 0.389 e. The van der Waals surface area contributed by atoms with Gasteiger partial charge in [0.2, 0.25) is 0 Å². The average molecular weight is 286 g/mol. The van der Waals surface area contributed by atoms with E-state index in [1.807, 2.05) is 13.1 Å². The maximum absolute atomic E-state index is 9.74. The van der Waals surface area contributed by atoms with Crippen molar-refractivity contribution < 1.29 is 9.84 Å². The van der Waals surface area contributed by atoms with E-state index in [-0.39, 0.29) is 0 Å². The van der Waals surface area contributed by atoms with E-state index in [1.165, 1.54) is 11.3 Å². The molecule has 0 spiro atoms. The van der Waals surface area contributed by atoms with E-state index in [1.54, 1.807) is 11.3 Å². The van der Waals surface area contributed by atoms with Gasteiger partial charge in [-0.05, 0) is 25.7 Å². The van der Waals surface area contributed by atoms with Gasteiger partial charge in [-0.25, -0.2) is 4.98 Å². The van der Waals surface area contributed by atoms with Crippen LogP contribution in [0.25, 0.3) is 0 Å². The molecule has 1 rings (SSSR count). The minimum absolute atomic E-state index is 0.410. The minimum Gasteiger partial charge on any atom is -0.389 e. The number of nitrogens with one attached hydrogen (secondary N) is 1. The van der Waals surface area contributed by atoms with Gasteiger partial charge in [0.25, 0.3) is 0 Å². The third kappa shape index (κ3) is 8.31. The number of hydrogen-bond donors (Lipinski definition) is 2. The van der Waals surface area contributed by atoms with Crippen molar-refractivity contribution in [2.24, 2.45) is 5.92 Å². The Bertz CT molecular complexity index is 342. The Morgan fingerprint density at radius 1 is 1.47 bits per heavy atom. The molecule has 0 bridgehead atoms. The third-order valence-electron chi connectivity index (χ3n) is 2.73. The van der Waals surface area contributed by atoms with Crippen molar-refractivity contribution in [3.8, 4) is 0 Å². The molecular formula is C14H26N2O2S. The summed E-state index contributed by atoms with van der Waals surface area (Å²) in [6.45, 7) is 8.88. The zero-order chi connectivity index (χ0) is 14.1. The maximum atomic E-state index is 9.74. The summed E-state index contributed by atoms with van der Waals surface area (Å²) in [7, 11) is 0. The van der Waals surface area contributed by atoms with Crippen LogP contribution in [0.2, 0.25) is 0 Å². The van der Waals surface area contributed by atoms with Crippen molar-refractivity contribution in [3.63, 3.8) is 0 Å². The topological polar surface area (TPSA) is 54.4 Å². The molecule has 0 fully saturated rings. The normalized spacial score (nSPS) is 13.1. The number of aryl methyl sites for hydroxylation is 1. The Morgan fingerprint density at radius 2 is 2.26 bits per heavy atom. The maximum Gasteiger partial charge on any atom is 0.0897 e. The van der Waals surface area contributed by atoms with E-state index in [4.69, 9.17) is 4.74 Å². The van der Waals surface area contributed by atoms with Crippen molar-refractivity contribution in [1.82, 2.24) is 10.3 Å². The van der Waals surface area contributed by atoms with Crippen LogP contribution in [0.1, 0.15) is 36.6 Å². The summed E-state index contributed by atoms with van der Waals surface area (Å²) in [4.78, 5) is 5.39. The summed E-state index contributed by atoms with van der Waals surface area (Å²) in [5.74, 6) is 0.720. The number of aromatic nitrogens is 1. The molecule has 4 nitrogen and oxygen atoms in total. The van der Waals surface area contributed by atoms with Crippen molar-refractivity contribution >= 4 is 11.3 Å². The second-order valence-electron chi connectivity index (χ2n) is 5.24. The molecule has 0 saturated heterocycles. The number of hydrogen-bond acceptors (Lipinski definition) is 5. The fourth-order valence-corrected chi connectivity index (χ4v) is 2.49. The highest BCUT2D eigenvalue weighted by molar-refractivity contribution is 7.11. The first-order valence-corrected chi connectivity index (χ1v) is 7.77. The summed E-state index contributed by atoms with van der Waals surface area (Å²) in [5, 5.41) is 14.0. The molecule has 1 aromatic rings. The summed E-state index contributed by atoms with van der Waals surface area (Å²) in [6, 6.07) is 0. The van der Waals surface area contributed by atoms with Crippen molar-refractivity contribution in [2.75, 3.05) is 19.8 Å². The molecule has 5 heteroatoms. The Kier molecular flexibility index (Phi) is 8.21. The van der Waals surface area contributed by atoms with E-state index in [9.17, 15) is 5.11 Å². The zero-order valence-electron chi connectivity index (χ0n) is 12.2. The lowest BCUT2D eigenvalue weighted by Gasteiger charge is -2.12. The van der Waals surface area contributed by atoms with Crippen LogP contribution in [0, 0.1) is 12.8 Å². The van der Waals surface area contributed by atoms with Crippen LogP contribution in [-0.2, 0) is 11.3 Å². The van der Waals surface area contributed by atoms with Crippen LogP contribution in [0.15, 0.2) is 6.20 Å². The molecule has 1 aromatic heterocycles. The van der Waals surface area contributed by atoms with Gasteiger partial charge in [0.15, 0.2) is 0 Å². The summed E-state index contributed by atoms with van der Waals surface area (Å²) in [6.07, 6.45) is 3.69. The van der Waals surface area contributed by atoms with Crippen LogP contribution in [-0.4, -0.2) is 36.0 Å². The molecular weight excluding hydrogens is 260 g/mol. The summed E-state index contributed by atoms with van der Waals surface area (Å²) >= 11 is 1.68. The first-order valence-electron chi connectivity index (χ1n) is 6.95. The number of ether oxygens (including phenoxy) is 1. The van der Waals surface area contributed by atoms with Crippen LogP contribution < -0.4 is 5.32 Å². The fraction of sp³-hybridized carbons (Fsp3) is 0.786. The number of thiazole rings is 1. The van der Waals surface area contributed by atoms with E-state index in [2.05, 4.69) is 24.1 Å². The molecule has 0 radical (unpaired) electrons. The van der Waals surface area contributed by atoms with E-state index < -0.39 is 6.10 Å². The van der Waals surface area contributed by atoms with Gasteiger partial charge >= 0.3 is 0 Å². The molecule has 0 amide bonds.